The van der Waals surface area contributed by atoms with E-state index in [9.17, 15) is 0 Å². The van der Waals surface area contributed by atoms with Gasteiger partial charge < -0.3 is 20.4 Å². The van der Waals surface area contributed by atoms with Crippen LogP contribution in [0, 0.1) is 6.92 Å². The molecule has 142 valence electrons. The number of hydrogen-bond donors (Lipinski definition) is 2. The van der Waals surface area contributed by atoms with Crippen molar-refractivity contribution in [1.29, 1.82) is 0 Å². The Bertz CT molecular complexity index is 506. The van der Waals surface area contributed by atoms with Gasteiger partial charge in [-0.3, -0.25) is 0 Å². The number of hydrogen-bond acceptors (Lipinski definition) is 4. The minimum atomic E-state index is 0.759. The van der Waals surface area contributed by atoms with Crippen LogP contribution in [-0.2, 0) is 6.54 Å². The van der Waals surface area contributed by atoms with Crippen molar-refractivity contribution in [1.82, 2.24) is 20.4 Å². The highest BCUT2D eigenvalue weighted by Crippen LogP contribution is 2.15. The number of nitrogens with one attached hydrogen (secondary N) is 2. The fraction of sp³-hybridized carbons (Fsp3) is 0.737. The Hall–Kier alpha value is -1.11. The van der Waals surface area contributed by atoms with Gasteiger partial charge in [0.15, 0.2) is 5.96 Å². The smallest absolute Gasteiger partial charge is 0.191 e. The SMILES string of the molecule is CCNC(=NCc1ccc(C)s1)NCCCCN1CCN(CC)CC1. The third-order valence-corrected chi connectivity index (χ3v) is 5.62. The maximum Gasteiger partial charge on any atom is 0.191 e. The van der Waals surface area contributed by atoms with E-state index in [0.717, 1.165) is 25.6 Å². The molecule has 1 fully saturated rings. The topological polar surface area (TPSA) is 42.9 Å². The first-order valence-corrected chi connectivity index (χ1v) is 10.5. The van der Waals surface area contributed by atoms with E-state index >= 15 is 0 Å². The Morgan fingerprint density at radius 1 is 1.08 bits per heavy atom. The highest BCUT2D eigenvalue weighted by atomic mass is 32.1. The number of piperazine rings is 1. The number of rotatable bonds is 9. The average molecular weight is 366 g/mol. The van der Waals surface area contributed by atoms with E-state index in [1.54, 1.807) is 0 Å². The van der Waals surface area contributed by atoms with E-state index in [1.807, 2.05) is 11.3 Å². The van der Waals surface area contributed by atoms with Gasteiger partial charge in [0.25, 0.3) is 0 Å². The van der Waals surface area contributed by atoms with Crippen molar-refractivity contribution in [2.45, 2.75) is 40.2 Å². The van der Waals surface area contributed by atoms with Gasteiger partial charge in [0.2, 0.25) is 0 Å². The molecule has 0 aliphatic carbocycles. The fourth-order valence-corrected chi connectivity index (χ4v) is 3.88. The molecular weight excluding hydrogens is 330 g/mol. The van der Waals surface area contributed by atoms with Gasteiger partial charge in [0.1, 0.15) is 0 Å². The number of unbranched alkanes of at least 4 members (excludes halogenated alkanes) is 1. The van der Waals surface area contributed by atoms with Crippen LogP contribution in [-0.4, -0.2) is 68.1 Å². The summed E-state index contributed by atoms with van der Waals surface area (Å²) in [6, 6.07) is 4.33. The normalized spacial score (nSPS) is 17.0. The minimum absolute atomic E-state index is 0.759. The molecule has 2 rings (SSSR count). The molecule has 0 aromatic carbocycles. The number of aliphatic imine (C=N–C) groups is 1. The predicted octanol–water partition coefficient (Wildman–Crippen LogP) is 2.53. The van der Waals surface area contributed by atoms with E-state index in [1.165, 1.54) is 61.9 Å². The second kappa shape index (κ2) is 11.5. The molecule has 0 radical (unpaired) electrons. The lowest BCUT2D eigenvalue weighted by molar-refractivity contribution is 0.136. The van der Waals surface area contributed by atoms with Gasteiger partial charge in [0, 0.05) is 49.0 Å². The molecule has 1 saturated heterocycles. The van der Waals surface area contributed by atoms with Crippen LogP contribution in [0.1, 0.15) is 36.4 Å². The maximum absolute atomic E-state index is 4.69. The van der Waals surface area contributed by atoms with E-state index in [0.29, 0.717) is 0 Å². The van der Waals surface area contributed by atoms with Gasteiger partial charge in [-0.15, -0.1) is 11.3 Å². The summed E-state index contributed by atoms with van der Waals surface area (Å²) < 4.78 is 0. The van der Waals surface area contributed by atoms with Gasteiger partial charge in [-0.1, -0.05) is 6.92 Å². The van der Waals surface area contributed by atoms with Gasteiger partial charge in [0.05, 0.1) is 6.54 Å². The quantitative estimate of drug-likeness (QED) is 0.401. The van der Waals surface area contributed by atoms with Crippen LogP contribution >= 0.6 is 11.3 Å². The Balaban J connectivity index is 1.60. The van der Waals surface area contributed by atoms with Crippen LogP contribution in [0.25, 0.3) is 0 Å². The third-order valence-electron chi connectivity index (χ3n) is 4.64. The van der Waals surface area contributed by atoms with Crippen molar-refractivity contribution in [3.8, 4) is 0 Å². The average Bonchev–Trinajstić information content (AvgIpc) is 3.05. The molecule has 25 heavy (non-hydrogen) atoms. The zero-order valence-corrected chi connectivity index (χ0v) is 17.0. The maximum atomic E-state index is 4.69. The molecular formula is C19H35N5S. The van der Waals surface area contributed by atoms with Crippen LogP contribution in [0.15, 0.2) is 17.1 Å². The number of guanidine groups is 1. The number of likely N-dealkylation sites (N-methyl/N-ethyl adjacent to an activating group) is 1. The lowest BCUT2D eigenvalue weighted by Crippen LogP contribution is -2.46. The van der Waals surface area contributed by atoms with Gasteiger partial charge in [-0.2, -0.15) is 0 Å². The summed E-state index contributed by atoms with van der Waals surface area (Å²) in [5.41, 5.74) is 0. The fourth-order valence-electron chi connectivity index (χ4n) is 3.07. The van der Waals surface area contributed by atoms with E-state index in [-0.39, 0.29) is 0 Å². The standard InChI is InChI=1S/C19H35N5S/c1-4-20-19(22-16-18-9-8-17(3)25-18)21-10-6-7-11-24-14-12-23(5-2)13-15-24/h8-9H,4-7,10-16H2,1-3H3,(H2,20,21,22). The summed E-state index contributed by atoms with van der Waals surface area (Å²) in [6.45, 7) is 16.5. The Kier molecular flexibility index (Phi) is 9.29. The minimum Gasteiger partial charge on any atom is -0.357 e. The highest BCUT2D eigenvalue weighted by molar-refractivity contribution is 7.11. The molecule has 0 atom stereocenters. The first-order chi connectivity index (χ1) is 12.2. The van der Waals surface area contributed by atoms with Crippen LogP contribution in [0.3, 0.4) is 0 Å². The first kappa shape index (κ1) is 20.2. The summed E-state index contributed by atoms with van der Waals surface area (Å²) in [6.07, 6.45) is 2.44. The molecule has 0 bridgehead atoms. The number of nitrogens with zero attached hydrogens (tertiary/aromatic N) is 3. The van der Waals surface area contributed by atoms with E-state index < -0.39 is 0 Å². The molecule has 5 nitrogen and oxygen atoms in total. The lowest BCUT2D eigenvalue weighted by Gasteiger charge is -2.34. The molecule has 0 saturated carbocycles. The molecule has 0 unspecified atom stereocenters. The van der Waals surface area contributed by atoms with Crippen molar-refractivity contribution in [3.05, 3.63) is 21.9 Å². The van der Waals surface area contributed by atoms with E-state index in [2.05, 4.69) is 53.3 Å². The molecule has 1 aromatic heterocycles. The Morgan fingerprint density at radius 3 is 2.48 bits per heavy atom. The van der Waals surface area contributed by atoms with Crippen molar-refractivity contribution >= 4 is 17.3 Å². The predicted molar refractivity (Wildman–Crippen MR) is 110 cm³/mol. The van der Waals surface area contributed by atoms with Gasteiger partial charge >= 0.3 is 0 Å². The molecule has 2 N–H and O–H groups in total. The van der Waals surface area contributed by atoms with Crippen LogP contribution in [0.5, 0.6) is 0 Å². The summed E-state index contributed by atoms with van der Waals surface area (Å²) in [5, 5.41) is 6.81. The lowest BCUT2D eigenvalue weighted by atomic mass is 10.2. The Morgan fingerprint density at radius 2 is 1.84 bits per heavy atom. The largest absolute Gasteiger partial charge is 0.357 e. The molecule has 6 heteroatoms. The van der Waals surface area contributed by atoms with Crippen molar-refractivity contribution in [2.24, 2.45) is 4.99 Å². The van der Waals surface area contributed by atoms with Crippen LogP contribution in [0.4, 0.5) is 0 Å². The number of aryl methyl sites for hydroxylation is 1. The zero-order chi connectivity index (χ0) is 17.9. The van der Waals surface area contributed by atoms with Gasteiger partial charge in [-0.25, -0.2) is 4.99 Å². The highest BCUT2D eigenvalue weighted by Gasteiger charge is 2.14. The molecule has 1 aliphatic rings. The summed E-state index contributed by atoms with van der Waals surface area (Å²) >= 11 is 1.83. The van der Waals surface area contributed by atoms with Crippen molar-refractivity contribution < 1.29 is 0 Å². The third kappa shape index (κ3) is 7.75. The molecule has 2 heterocycles. The first-order valence-electron chi connectivity index (χ1n) is 9.73. The zero-order valence-electron chi connectivity index (χ0n) is 16.2. The van der Waals surface area contributed by atoms with Crippen LogP contribution in [0.2, 0.25) is 0 Å². The molecule has 1 aromatic rings. The molecule has 1 aliphatic heterocycles. The van der Waals surface area contributed by atoms with Crippen LogP contribution < -0.4 is 10.6 Å². The van der Waals surface area contributed by atoms with Crippen molar-refractivity contribution in [3.63, 3.8) is 0 Å². The van der Waals surface area contributed by atoms with Crippen molar-refractivity contribution in [2.75, 3.05) is 52.4 Å². The summed E-state index contributed by atoms with van der Waals surface area (Å²) in [7, 11) is 0. The second-order valence-corrected chi connectivity index (χ2v) is 7.99. The van der Waals surface area contributed by atoms with E-state index in [4.69, 9.17) is 4.99 Å². The summed E-state index contributed by atoms with van der Waals surface area (Å²) in [4.78, 5) is 12.5. The molecule has 0 spiro atoms. The second-order valence-electron chi connectivity index (χ2n) is 6.62. The Labute approximate surface area is 157 Å². The van der Waals surface area contributed by atoms with Gasteiger partial charge in [-0.05, 0) is 51.9 Å². The molecule has 0 amide bonds. The number of thiophene rings is 1. The summed E-state index contributed by atoms with van der Waals surface area (Å²) in [5.74, 6) is 0.935. The monoisotopic (exact) mass is 365 g/mol.